The molecule has 0 unspecified atom stereocenters. The molecule has 0 aliphatic rings. The van der Waals surface area contributed by atoms with E-state index in [2.05, 4.69) is 29.1 Å². The molecule has 0 atom stereocenters. The summed E-state index contributed by atoms with van der Waals surface area (Å²) in [7, 11) is 0. The molecule has 0 saturated carbocycles. The number of nitrogens with two attached hydrogens (primary N) is 1. The van der Waals surface area contributed by atoms with Gasteiger partial charge in [0.2, 0.25) is 0 Å². The first-order valence-corrected chi connectivity index (χ1v) is 5.83. The van der Waals surface area contributed by atoms with E-state index in [-0.39, 0.29) is 0 Å². The third kappa shape index (κ3) is 1.72. The van der Waals surface area contributed by atoms with Gasteiger partial charge in [-0.3, -0.25) is 0 Å². The van der Waals surface area contributed by atoms with Crippen LogP contribution in [-0.4, -0.2) is 14.6 Å². The topological polar surface area (TPSA) is 56.2 Å². The van der Waals surface area contributed by atoms with Crippen molar-refractivity contribution in [2.45, 2.75) is 13.8 Å². The lowest BCUT2D eigenvalue weighted by molar-refractivity contribution is 0.957. The van der Waals surface area contributed by atoms with Crippen LogP contribution in [0.4, 0.5) is 5.69 Å². The molecule has 4 nitrogen and oxygen atoms in total. The molecule has 0 bridgehead atoms. The number of anilines is 1. The Morgan fingerprint density at radius 1 is 1.06 bits per heavy atom. The highest BCUT2D eigenvalue weighted by Gasteiger charge is 2.08. The number of rotatable bonds is 1. The fraction of sp³-hybridized carbons (Fsp3) is 0.143. The first-order chi connectivity index (χ1) is 8.63. The van der Waals surface area contributed by atoms with Gasteiger partial charge < -0.3 is 5.73 Å². The van der Waals surface area contributed by atoms with Crippen molar-refractivity contribution in [1.82, 2.24) is 14.6 Å². The summed E-state index contributed by atoms with van der Waals surface area (Å²) in [6.45, 7) is 4.05. The summed E-state index contributed by atoms with van der Waals surface area (Å²) in [6, 6.07) is 10.1. The molecule has 2 heterocycles. The average Bonchev–Trinajstić information content (AvgIpc) is 2.74. The maximum absolute atomic E-state index is 5.95. The van der Waals surface area contributed by atoms with Crippen molar-refractivity contribution in [3.63, 3.8) is 0 Å². The van der Waals surface area contributed by atoms with Crippen LogP contribution < -0.4 is 5.73 Å². The molecule has 2 aromatic heterocycles. The van der Waals surface area contributed by atoms with Crippen LogP contribution >= 0.6 is 0 Å². The Morgan fingerprint density at radius 2 is 1.78 bits per heavy atom. The van der Waals surface area contributed by atoms with E-state index in [1.54, 1.807) is 4.52 Å². The van der Waals surface area contributed by atoms with Crippen molar-refractivity contribution in [3.8, 4) is 11.4 Å². The van der Waals surface area contributed by atoms with Crippen molar-refractivity contribution in [2.24, 2.45) is 0 Å². The lowest BCUT2D eigenvalue weighted by Crippen LogP contribution is -1.94. The zero-order valence-corrected chi connectivity index (χ0v) is 10.4. The van der Waals surface area contributed by atoms with Crippen LogP contribution in [0, 0.1) is 13.8 Å². The molecule has 0 spiro atoms. The highest BCUT2D eigenvalue weighted by molar-refractivity contribution is 5.68. The lowest BCUT2D eigenvalue weighted by atomic mass is 10.1. The van der Waals surface area contributed by atoms with Gasteiger partial charge in [-0.2, -0.15) is 0 Å². The molecule has 0 amide bonds. The highest BCUT2D eigenvalue weighted by atomic mass is 15.3. The fourth-order valence-electron chi connectivity index (χ4n) is 1.98. The molecule has 90 valence electrons. The number of hydrogen-bond donors (Lipinski definition) is 1. The Hall–Kier alpha value is -2.36. The van der Waals surface area contributed by atoms with Crippen molar-refractivity contribution in [3.05, 3.63) is 47.7 Å². The van der Waals surface area contributed by atoms with Crippen molar-refractivity contribution >= 4 is 11.3 Å². The van der Waals surface area contributed by atoms with Gasteiger partial charge in [-0.15, -0.1) is 5.10 Å². The van der Waals surface area contributed by atoms with Gasteiger partial charge in [0.25, 0.3) is 0 Å². The van der Waals surface area contributed by atoms with E-state index in [1.165, 1.54) is 5.56 Å². The van der Waals surface area contributed by atoms with Crippen LogP contribution in [0.3, 0.4) is 0 Å². The van der Waals surface area contributed by atoms with Crippen molar-refractivity contribution < 1.29 is 0 Å². The first-order valence-electron chi connectivity index (χ1n) is 5.83. The summed E-state index contributed by atoms with van der Waals surface area (Å²) in [5.74, 6) is 0.701. The van der Waals surface area contributed by atoms with Crippen molar-refractivity contribution in [1.29, 1.82) is 0 Å². The molecule has 2 N–H and O–H groups in total. The van der Waals surface area contributed by atoms with E-state index in [0.29, 0.717) is 17.2 Å². The minimum absolute atomic E-state index is 0.654. The Kier molecular flexibility index (Phi) is 2.30. The molecule has 4 heteroatoms. The quantitative estimate of drug-likeness (QED) is 0.709. The van der Waals surface area contributed by atoms with Crippen LogP contribution in [0.1, 0.15) is 11.1 Å². The van der Waals surface area contributed by atoms with E-state index >= 15 is 0 Å². The Balaban J connectivity index is 2.19. The number of pyridine rings is 1. The van der Waals surface area contributed by atoms with Crippen LogP contribution in [0.5, 0.6) is 0 Å². The van der Waals surface area contributed by atoms with E-state index in [4.69, 9.17) is 5.73 Å². The molecule has 0 saturated heterocycles. The summed E-state index contributed by atoms with van der Waals surface area (Å²) in [5.41, 5.74) is 10.6. The predicted molar refractivity (Wildman–Crippen MR) is 72.3 cm³/mol. The van der Waals surface area contributed by atoms with E-state index in [9.17, 15) is 0 Å². The second kappa shape index (κ2) is 3.84. The number of aromatic nitrogens is 3. The molecule has 0 aliphatic carbocycles. The Morgan fingerprint density at radius 3 is 2.50 bits per heavy atom. The van der Waals surface area contributed by atoms with Gasteiger partial charge in [-0.25, -0.2) is 9.50 Å². The number of fused-ring (bicyclic) bond motifs is 1. The van der Waals surface area contributed by atoms with Gasteiger partial charge >= 0.3 is 0 Å². The van der Waals surface area contributed by atoms with Crippen LogP contribution in [-0.2, 0) is 0 Å². The number of aryl methyl sites for hydroxylation is 2. The van der Waals surface area contributed by atoms with Crippen molar-refractivity contribution in [2.75, 3.05) is 5.73 Å². The smallest absolute Gasteiger partial charge is 0.182 e. The zero-order chi connectivity index (χ0) is 12.7. The normalized spacial score (nSPS) is 11.0. The lowest BCUT2D eigenvalue weighted by Gasteiger charge is -1.97. The van der Waals surface area contributed by atoms with Gasteiger partial charge in [-0.1, -0.05) is 29.8 Å². The highest BCUT2D eigenvalue weighted by Crippen LogP contribution is 2.20. The number of hydrogen-bond acceptors (Lipinski definition) is 3. The number of nitrogens with zero attached hydrogens (tertiary/aromatic N) is 3. The molecule has 3 aromatic rings. The van der Waals surface area contributed by atoms with Crippen LogP contribution in [0.25, 0.3) is 17.0 Å². The summed E-state index contributed by atoms with van der Waals surface area (Å²) in [5, 5.41) is 4.46. The van der Waals surface area contributed by atoms with Gasteiger partial charge in [0, 0.05) is 11.8 Å². The number of benzene rings is 1. The minimum atomic E-state index is 0.654. The molecule has 0 fully saturated rings. The van der Waals surface area contributed by atoms with Gasteiger partial charge in [0.1, 0.15) is 0 Å². The summed E-state index contributed by atoms with van der Waals surface area (Å²) >= 11 is 0. The number of nitrogen functional groups attached to an aromatic ring is 1. The summed E-state index contributed by atoms with van der Waals surface area (Å²) in [6.07, 6.45) is 1.93. The second-order valence-electron chi connectivity index (χ2n) is 4.54. The predicted octanol–water partition coefficient (Wildman–Crippen LogP) is 2.60. The van der Waals surface area contributed by atoms with E-state index in [1.807, 2.05) is 31.3 Å². The summed E-state index contributed by atoms with van der Waals surface area (Å²) in [4.78, 5) is 4.48. The maximum Gasteiger partial charge on any atom is 0.182 e. The third-order valence-corrected chi connectivity index (χ3v) is 2.91. The monoisotopic (exact) mass is 238 g/mol. The van der Waals surface area contributed by atoms with Crippen LogP contribution in [0.15, 0.2) is 36.5 Å². The maximum atomic E-state index is 5.95. The first kappa shape index (κ1) is 10.8. The minimum Gasteiger partial charge on any atom is -0.396 e. The fourth-order valence-corrected chi connectivity index (χ4v) is 1.98. The van der Waals surface area contributed by atoms with E-state index in [0.717, 1.165) is 11.1 Å². The Labute approximate surface area is 105 Å². The van der Waals surface area contributed by atoms with Gasteiger partial charge in [-0.05, 0) is 25.5 Å². The van der Waals surface area contributed by atoms with Gasteiger partial charge in [0.05, 0.1) is 5.69 Å². The third-order valence-electron chi connectivity index (χ3n) is 2.91. The zero-order valence-electron chi connectivity index (χ0n) is 10.4. The Bertz CT molecular complexity index is 710. The molecule has 3 rings (SSSR count). The molecule has 1 aromatic carbocycles. The summed E-state index contributed by atoms with van der Waals surface area (Å²) < 4.78 is 1.74. The van der Waals surface area contributed by atoms with E-state index < -0.39 is 0 Å². The molecular weight excluding hydrogens is 224 g/mol. The molecular formula is C14H14N4. The van der Waals surface area contributed by atoms with Gasteiger partial charge in [0.15, 0.2) is 11.5 Å². The van der Waals surface area contributed by atoms with Crippen LogP contribution in [0.2, 0.25) is 0 Å². The average molecular weight is 238 g/mol. The SMILES string of the molecule is Cc1ccc(-c2nc3c(N)cc(C)cn3n2)cc1. The molecule has 0 aliphatic heterocycles. The second-order valence-corrected chi connectivity index (χ2v) is 4.54. The standard InChI is InChI=1S/C14H14N4/c1-9-3-5-11(6-4-9)13-16-14-12(15)7-10(2)8-18(14)17-13/h3-8H,15H2,1-2H3. The largest absolute Gasteiger partial charge is 0.396 e. The molecule has 0 radical (unpaired) electrons. The molecule has 18 heavy (non-hydrogen) atoms.